The molecular weight excluding hydrogens is 350 g/mol. The van der Waals surface area contributed by atoms with Gasteiger partial charge in [0.25, 0.3) is 0 Å². The Morgan fingerprint density at radius 3 is 2.76 bits per heavy atom. The summed E-state index contributed by atoms with van der Waals surface area (Å²) in [7, 11) is -3.38. The van der Waals surface area contributed by atoms with E-state index in [1.165, 1.54) is 25.7 Å². The van der Waals surface area contributed by atoms with E-state index in [0.29, 0.717) is 17.4 Å². The fourth-order valence-corrected chi connectivity index (χ4v) is 4.47. The highest BCUT2D eigenvalue weighted by Crippen LogP contribution is 2.30. The molecule has 0 radical (unpaired) electrons. The SMILES string of the molecule is Cc1cc(S(=O)(=O)NCCC2CCCC(C)C2)ccc1Br. The van der Waals surface area contributed by atoms with Gasteiger partial charge in [-0.3, -0.25) is 0 Å². The van der Waals surface area contributed by atoms with Crippen LogP contribution < -0.4 is 4.72 Å². The number of aryl methyl sites for hydroxylation is 1. The highest BCUT2D eigenvalue weighted by Gasteiger charge is 2.20. The minimum Gasteiger partial charge on any atom is -0.211 e. The van der Waals surface area contributed by atoms with Crippen LogP contribution in [0.25, 0.3) is 0 Å². The van der Waals surface area contributed by atoms with Crippen LogP contribution in [0, 0.1) is 18.8 Å². The summed E-state index contributed by atoms with van der Waals surface area (Å²) in [6, 6.07) is 5.13. The van der Waals surface area contributed by atoms with Gasteiger partial charge in [-0.25, -0.2) is 13.1 Å². The van der Waals surface area contributed by atoms with E-state index in [0.717, 1.165) is 22.4 Å². The first-order valence-electron chi connectivity index (χ1n) is 7.64. The average molecular weight is 374 g/mol. The molecule has 3 nitrogen and oxygen atoms in total. The second-order valence-corrected chi connectivity index (χ2v) is 8.86. The summed E-state index contributed by atoms with van der Waals surface area (Å²) in [6.07, 6.45) is 6.02. The Labute approximate surface area is 136 Å². The van der Waals surface area contributed by atoms with Gasteiger partial charge >= 0.3 is 0 Å². The van der Waals surface area contributed by atoms with Crippen molar-refractivity contribution in [2.24, 2.45) is 11.8 Å². The first-order chi connectivity index (χ1) is 9.88. The van der Waals surface area contributed by atoms with Crippen molar-refractivity contribution in [2.75, 3.05) is 6.54 Å². The maximum atomic E-state index is 12.3. The summed E-state index contributed by atoms with van der Waals surface area (Å²) in [5.74, 6) is 1.46. The third-order valence-corrected chi connectivity index (χ3v) is 6.68. The fourth-order valence-electron chi connectivity index (χ4n) is 3.09. The summed E-state index contributed by atoms with van der Waals surface area (Å²) in [4.78, 5) is 0.347. The van der Waals surface area contributed by atoms with Crippen LogP contribution in [0.2, 0.25) is 0 Å². The smallest absolute Gasteiger partial charge is 0.211 e. The monoisotopic (exact) mass is 373 g/mol. The van der Waals surface area contributed by atoms with Crippen LogP contribution in [0.3, 0.4) is 0 Å². The van der Waals surface area contributed by atoms with Gasteiger partial charge < -0.3 is 0 Å². The molecule has 0 bridgehead atoms. The predicted molar refractivity (Wildman–Crippen MR) is 89.8 cm³/mol. The Bertz CT molecular complexity index is 586. The quantitative estimate of drug-likeness (QED) is 0.838. The van der Waals surface area contributed by atoms with Crippen molar-refractivity contribution in [3.8, 4) is 0 Å². The molecule has 1 aromatic carbocycles. The topological polar surface area (TPSA) is 46.2 Å². The summed E-state index contributed by atoms with van der Waals surface area (Å²) >= 11 is 3.39. The Morgan fingerprint density at radius 2 is 2.10 bits per heavy atom. The molecule has 0 amide bonds. The predicted octanol–water partition coefficient (Wildman–Crippen LogP) is 4.25. The number of rotatable bonds is 5. The molecular formula is C16H24BrNO2S. The average Bonchev–Trinajstić information content (AvgIpc) is 2.41. The minimum atomic E-state index is -3.38. The maximum absolute atomic E-state index is 12.3. The second-order valence-electron chi connectivity index (χ2n) is 6.24. The standard InChI is InChI=1S/C16H24BrNO2S/c1-12-4-3-5-14(10-12)8-9-18-21(19,20)15-6-7-16(17)13(2)11-15/h6-7,11-12,14,18H,3-5,8-10H2,1-2H3. The molecule has 21 heavy (non-hydrogen) atoms. The van der Waals surface area contributed by atoms with Gasteiger partial charge in [0.05, 0.1) is 4.90 Å². The second kappa shape index (κ2) is 7.25. The molecule has 1 aliphatic carbocycles. The van der Waals surface area contributed by atoms with E-state index >= 15 is 0 Å². The van der Waals surface area contributed by atoms with Crippen LogP contribution in [0.15, 0.2) is 27.6 Å². The zero-order valence-electron chi connectivity index (χ0n) is 12.7. The van der Waals surface area contributed by atoms with Gasteiger partial charge in [0.2, 0.25) is 10.0 Å². The highest BCUT2D eigenvalue weighted by atomic mass is 79.9. The first-order valence-corrected chi connectivity index (χ1v) is 9.92. The molecule has 1 fully saturated rings. The Balaban J connectivity index is 1.90. The Morgan fingerprint density at radius 1 is 1.33 bits per heavy atom. The number of sulfonamides is 1. The Hall–Kier alpha value is -0.390. The van der Waals surface area contributed by atoms with Gasteiger partial charge in [0.1, 0.15) is 0 Å². The van der Waals surface area contributed by atoms with Gasteiger partial charge in [-0.2, -0.15) is 0 Å². The third kappa shape index (κ3) is 4.80. The van der Waals surface area contributed by atoms with Crippen LogP contribution in [-0.2, 0) is 10.0 Å². The molecule has 1 aliphatic rings. The molecule has 2 unspecified atom stereocenters. The molecule has 0 aromatic heterocycles. The fraction of sp³-hybridized carbons (Fsp3) is 0.625. The van der Waals surface area contributed by atoms with Crippen LogP contribution in [0.5, 0.6) is 0 Å². The van der Waals surface area contributed by atoms with Gasteiger partial charge in [-0.05, 0) is 55.4 Å². The summed E-state index contributed by atoms with van der Waals surface area (Å²) in [6.45, 7) is 4.72. The molecule has 0 saturated heterocycles. The zero-order chi connectivity index (χ0) is 15.5. The number of hydrogen-bond donors (Lipinski definition) is 1. The molecule has 0 aliphatic heterocycles. The molecule has 0 heterocycles. The lowest BCUT2D eigenvalue weighted by atomic mass is 9.81. The van der Waals surface area contributed by atoms with Crippen LogP contribution in [0.1, 0.15) is 44.6 Å². The molecule has 1 aromatic rings. The van der Waals surface area contributed by atoms with Gasteiger partial charge in [0.15, 0.2) is 0 Å². The first kappa shape index (κ1) is 17.0. The molecule has 5 heteroatoms. The number of halogens is 1. The molecule has 2 atom stereocenters. The Kier molecular flexibility index (Phi) is 5.86. The van der Waals surface area contributed by atoms with E-state index in [1.807, 2.05) is 6.92 Å². The molecule has 1 N–H and O–H groups in total. The van der Waals surface area contributed by atoms with Crippen molar-refractivity contribution < 1.29 is 8.42 Å². The molecule has 2 rings (SSSR count). The number of nitrogens with one attached hydrogen (secondary N) is 1. The highest BCUT2D eigenvalue weighted by molar-refractivity contribution is 9.10. The van der Waals surface area contributed by atoms with Gasteiger partial charge in [0, 0.05) is 11.0 Å². The number of hydrogen-bond acceptors (Lipinski definition) is 2. The number of benzene rings is 1. The van der Waals surface area contributed by atoms with Crippen molar-refractivity contribution in [2.45, 2.75) is 50.8 Å². The largest absolute Gasteiger partial charge is 0.240 e. The third-order valence-electron chi connectivity index (χ3n) is 4.33. The van der Waals surface area contributed by atoms with E-state index < -0.39 is 10.0 Å². The van der Waals surface area contributed by atoms with E-state index in [-0.39, 0.29) is 0 Å². The van der Waals surface area contributed by atoms with E-state index in [4.69, 9.17) is 0 Å². The van der Waals surface area contributed by atoms with Crippen molar-refractivity contribution in [3.05, 3.63) is 28.2 Å². The van der Waals surface area contributed by atoms with Crippen molar-refractivity contribution in [3.63, 3.8) is 0 Å². The normalized spacial score (nSPS) is 23.2. The van der Waals surface area contributed by atoms with Crippen LogP contribution in [-0.4, -0.2) is 15.0 Å². The van der Waals surface area contributed by atoms with E-state index in [1.54, 1.807) is 18.2 Å². The zero-order valence-corrected chi connectivity index (χ0v) is 15.1. The van der Waals surface area contributed by atoms with E-state index in [9.17, 15) is 8.42 Å². The van der Waals surface area contributed by atoms with Crippen LogP contribution in [0.4, 0.5) is 0 Å². The minimum absolute atomic E-state index is 0.347. The maximum Gasteiger partial charge on any atom is 0.240 e. The lowest BCUT2D eigenvalue weighted by Crippen LogP contribution is -2.27. The van der Waals surface area contributed by atoms with Crippen LogP contribution >= 0.6 is 15.9 Å². The van der Waals surface area contributed by atoms with E-state index in [2.05, 4.69) is 27.6 Å². The van der Waals surface area contributed by atoms with Gasteiger partial charge in [-0.1, -0.05) is 42.1 Å². The van der Waals surface area contributed by atoms with Crippen molar-refractivity contribution in [1.29, 1.82) is 0 Å². The van der Waals surface area contributed by atoms with Crippen molar-refractivity contribution in [1.82, 2.24) is 4.72 Å². The lowest BCUT2D eigenvalue weighted by Gasteiger charge is -2.26. The summed E-state index contributed by atoms with van der Waals surface area (Å²) in [5, 5.41) is 0. The van der Waals surface area contributed by atoms with Gasteiger partial charge in [-0.15, -0.1) is 0 Å². The summed E-state index contributed by atoms with van der Waals surface area (Å²) in [5.41, 5.74) is 0.930. The molecule has 118 valence electrons. The summed E-state index contributed by atoms with van der Waals surface area (Å²) < 4.78 is 28.2. The molecule has 1 saturated carbocycles. The molecule has 0 spiro atoms. The lowest BCUT2D eigenvalue weighted by molar-refractivity contribution is 0.271. The van der Waals surface area contributed by atoms with Crippen molar-refractivity contribution >= 4 is 26.0 Å².